The first-order chi connectivity index (χ1) is 8.55. The Bertz CT molecular complexity index is 282. The lowest BCUT2D eigenvalue weighted by Gasteiger charge is -2.35. The van der Waals surface area contributed by atoms with Crippen molar-refractivity contribution in [1.29, 1.82) is 0 Å². The van der Waals surface area contributed by atoms with Crippen LogP contribution in [-0.2, 0) is 4.79 Å². The molecule has 18 heavy (non-hydrogen) atoms. The van der Waals surface area contributed by atoms with Crippen LogP contribution in [-0.4, -0.2) is 24.5 Å². The number of amides is 1. The molecule has 2 rings (SSSR count). The number of carbonyl (C=O) groups is 1. The van der Waals surface area contributed by atoms with Crippen LogP contribution in [0, 0.1) is 5.41 Å². The van der Waals surface area contributed by atoms with Gasteiger partial charge in [0.1, 0.15) is 0 Å². The first-order valence-corrected chi connectivity index (χ1v) is 7.58. The molecule has 3 heteroatoms. The van der Waals surface area contributed by atoms with Crippen LogP contribution >= 0.6 is 0 Å². The summed E-state index contributed by atoms with van der Waals surface area (Å²) in [6.07, 6.45) is 9.91. The third-order valence-corrected chi connectivity index (χ3v) is 4.48. The van der Waals surface area contributed by atoms with Crippen LogP contribution in [0.1, 0.15) is 65.2 Å². The molecule has 0 bridgehead atoms. The number of hydrogen-bond donors (Lipinski definition) is 2. The average molecular weight is 252 g/mol. The first kappa shape index (κ1) is 13.9. The molecule has 3 nitrogen and oxygen atoms in total. The lowest BCUT2D eigenvalue weighted by molar-refractivity contribution is -0.121. The SMILES string of the molecule is CC1(C)CCCC(NCC(=O)NC2CCCC2)C1. The fraction of sp³-hybridized carbons (Fsp3) is 0.933. The quantitative estimate of drug-likeness (QED) is 0.807. The van der Waals surface area contributed by atoms with Crippen molar-refractivity contribution in [2.75, 3.05) is 6.54 Å². The van der Waals surface area contributed by atoms with Gasteiger partial charge in [0.2, 0.25) is 5.91 Å². The second kappa shape index (κ2) is 6.05. The van der Waals surface area contributed by atoms with E-state index in [9.17, 15) is 4.79 Å². The lowest BCUT2D eigenvalue weighted by atomic mass is 9.75. The minimum absolute atomic E-state index is 0.185. The van der Waals surface area contributed by atoms with E-state index in [2.05, 4.69) is 24.5 Å². The second-order valence-corrected chi connectivity index (χ2v) is 6.89. The Morgan fingerprint density at radius 2 is 1.78 bits per heavy atom. The Labute approximate surface area is 111 Å². The van der Waals surface area contributed by atoms with Gasteiger partial charge in [-0.2, -0.15) is 0 Å². The van der Waals surface area contributed by atoms with E-state index in [1.54, 1.807) is 0 Å². The van der Waals surface area contributed by atoms with Gasteiger partial charge in [-0.3, -0.25) is 4.79 Å². The molecule has 0 aromatic heterocycles. The van der Waals surface area contributed by atoms with Gasteiger partial charge in [0.05, 0.1) is 6.54 Å². The van der Waals surface area contributed by atoms with Gasteiger partial charge in [-0.1, -0.05) is 33.1 Å². The number of rotatable bonds is 4. The highest BCUT2D eigenvalue weighted by Gasteiger charge is 2.28. The van der Waals surface area contributed by atoms with Crippen LogP contribution in [0.25, 0.3) is 0 Å². The van der Waals surface area contributed by atoms with Gasteiger partial charge in [0.15, 0.2) is 0 Å². The van der Waals surface area contributed by atoms with Gasteiger partial charge in [-0.15, -0.1) is 0 Å². The molecule has 0 heterocycles. The van der Waals surface area contributed by atoms with Crippen LogP contribution in [0.3, 0.4) is 0 Å². The Hall–Kier alpha value is -0.570. The van der Waals surface area contributed by atoms with Crippen LogP contribution in [0.5, 0.6) is 0 Å². The first-order valence-electron chi connectivity index (χ1n) is 7.58. The summed E-state index contributed by atoms with van der Waals surface area (Å²) >= 11 is 0. The second-order valence-electron chi connectivity index (χ2n) is 6.89. The van der Waals surface area contributed by atoms with Gasteiger partial charge in [0.25, 0.3) is 0 Å². The molecule has 0 saturated heterocycles. The van der Waals surface area contributed by atoms with Crippen molar-refractivity contribution in [3.05, 3.63) is 0 Å². The normalized spacial score (nSPS) is 28.2. The molecule has 1 atom stereocenters. The summed E-state index contributed by atoms with van der Waals surface area (Å²) in [5.41, 5.74) is 0.442. The topological polar surface area (TPSA) is 41.1 Å². The molecule has 2 fully saturated rings. The summed E-state index contributed by atoms with van der Waals surface area (Å²) in [7, 11) is 0. The summed E-state index contributed by atoms with van der Waals surface area (Å²) in [6, 6.07) is 0.977. The van der Waals surface area contributed by atoms with E-state index in [4.69, 9.17) is 0 Å². The minimum atomic E-state index is 0.185. The summed E-state index contributed by atoms with van der Waals surface area (Å²) < 4.78 is 0. The highest BCUT2D eigenvalue weighted by Crippen LogP contribution is 2.34. The van der Waals surface area contributed by atoms with E-state index >= 15 is 0 Å². The average Bonchev–Trinajstić information content (AvgIpc) is 2.78. The third kappa shape index (κ3) is 4.27. The van der Waals surface area contributed by atoms with Crippen molar-refractivity contribution >= 4 is 5.91 Å². The van der Waals surface area contributed by atoms with Crippen molar-refractivity contribution in [3.8, 4) is 0 Å². The molecule has 1 unspecified atom stereocenters. The van der Waals surface area contributed by atoms with Crippen LogP contribution < -0.4 is 10.6 Å². The Kier molecular flexibility index (Phi) is 4.66. The fourth-order valence-corrected chi connectivity index (χ4v) is 3.46. The van der Waals surface area contributed by atoms with E-state index in [0.717, 1.165) is 0 Å². The molecule has 0 aromatic carbocycles. The van der Waals surface area contributed by atoms with Crippen molar-refractivity contribution in [1.82, 2.24) is 10.6 Å². The summed E-state index contributed by atoms with van der Waals surface area (Å²) in [5.74, 6) is 0.185. The molecule has 1 amide bonds. The predicted molar refractivity (Wildman–Crippen MR) is 74.4 cm³/mol. The molecule has 2 N–H and O–H groups in total. The Morgan fingerprint density at radius 3 is 2.44 bits per heavy atom. The smallest absolute Gasteiger partial charge is 0.234 e. The Morgan fingerprint density at radius 1 is 1.11 bits per heavy atom. The number of hydrogen-bond acceptors (Lipinski definition) is 2. The van der Waals surface area contributed by atoms with Crippen LogP contribution in [0.15, 0.2) is 0 Å². The van der Waals surface area contributed by atoms with Crippen LogP contribution in [0.4, 0.5) is 0 Å². The van der Waals surface area contributed by atoms with Gasteiger partial charge in [0, 0.05) is 12.1 Å². The van der Waals surface area contributed by atoms with Gasteiger partial charge in [-0.25, -0.2) is 0 Å². The maximum absolute atomic E-state index is 11.8. The molecule has 0 radical (unpaired) electrons. The molecule has 0 aliphatic heterocycles. The monoisotopic (exact) mass is 252 g/mol. The maximum Gasteiger partial charge on any atom is 0.234 e. The number of carbonyl (C=O) groups excluding carboxylic acids is 1. The van der Waals surface area contributed by atoms with Crippen molar-refractivity contribution in [3.63, 3.8) is 0 Å². The zero-order chi connectivity index (χ0) is 13.0. The lowest BCUT2D eigenvalue weighted by Crippen LogP contribution is -2.44. The van der Waals surface area contributed by atoms with E-state index in [1.165, 1.54) is 51.4 Å². The van der Waals surface area contributed by atoms with E-state index in [1.807, 2.05) is 0 Å². The molecule has 0 spiro atoms. The fourth-order valence-electron chi connectivity index (χ4n) is 3.46. The van der Waals surface area contributed by atoms with Gasteiger partial charge in [-0.05, 0) is 37.5 Å². The molecule has 2 aliphatic rings. The van der Waals surface area contributed by atoms with Crippen molar-refractivity contribution < 1.29 is 4.79 Å². The highest BCUT2D eigenvalue weighted by atomic mass is 16.1. The standard InChI is InChI=1S/C15H28N2O/c1-15(2)9-5-8-13(10-15)16-11-14(18)17-12-6-3-4-7-12/h12-13,16H,3-11H2,1-2H3,(H,17,18). The molecule has 2 saturated carbocycles. The predicted octanol–water partition coefficient (Wildman–Crippen LogP) is 2.60. The summed E-state index contributed by atoms with van der Waals surface area (Å²) in [5, 5.41) is 6.58. The zero-order valence-corrected chi connectivity index (χ0v) is 11.9. The van der Waals surface area contributed by atoms with E-state index in [0.29, 0.717) is 24.0 Å². The van der Waals surface area contributed by atoms with Crippen molar-refractivity contribution in [2.24, 2.45) is 5.41 Å². The molecule has 2 aliphatic carbocycles. The Balaban J connectivity index is 1.65. The molecular formula is C15H28N2O. The maximum atomic E-state index is 11.8. The molecule has 0 aromatic rings. The molecule has 104 valence electrons. The summed E-state index contributed by atoms with van der Waals surface area (Å²) in [4.78, 5) is 11.8. The highest BCUT2D eigenvalue weighted by molar-refractivity contribution is 5.78. The zero-order valence-electron chi connectivity index (χ0n) is 11.9. The minimum Gasteiger partial charge on any atom is -0.352 e. The van der Waals surface area contributed by atoms with Crippen LogP contribution in [0.2, 0.25) is 0 Å². The van der Waals surface area contributed by atoms with E-state index in [-0.39, 0.29) is 5.91 Å². The third-order valence-electron chi connectivity index (χ3n) is 4.48. The molecular weight excluding hydrogens is 224 g/mol. The van der Waals surface area contributed by atoms with E-state index < -0.39 is 0 Å². The van der Waals surface area contributed by atoms with Crippen molar-refractivity contribution in [2.45, 2.75) is 77.3 Å². The number of nitrogens with one attached hydrogen (secondary N) is 2. The summed E-state index contributed by atoms with van der Waals surface area (Å²) in [6.45, 7) is 5.16. The van der Waals surface area contributed by atoms with Gasteiger partial charge < -0.3 is 10.6 Å². The largest absolute Gasteiger partial charge is 0.352 e. The van der Waals surface area contributed by atoms with Gasteiger partial charge >= 0.3 is 0 Å².